The van der Waals surface area contributed by atoms with Crippen LogP contribution in [0.4, 0.5) is 0 Å². The van der Waals surface area contributed by atoms with E-state index >= 15 is 0 Å². The van der Waals surface area contributed by atoms with Gasteiger partial charge >= 0.3 is 5.97 Å². The first kappa shape index (κ1) is 12.9. The van der Waals surface area contributed by atoms with Crippen LogP contribution in [0.15, 0.2) is 39.2 Å². The zero-order valence-electron chi connectivity index (χ0n) is 8.81. The van der Waals surface area contributed by atoms with Crippen LogP contribution in [-0.4, -0.2) is 16.9 Å². The highest BCUT2D eigenvalue weighted by atomic mass is 79.9. The highest BCUT2D eigenvalue weighted by molar-refractivity contribution is 9.10. The van der Waals surface area contributed by atoms with E-state index in [1.54, 1.807) is 18.2 Å². The smallest absolute Gasteiger partial charge is 0.371 e. The minimum Gasteiger partial charge on any atom is -0.475 e. The zero-order valence-corrected chi connectivity index (χ0v) is 11.2. The van der Waals surface area contributed by atoms with Crippen LogP contribution in [0.5, 0.6) is 0 Å². The standard InChI is InChI=1S/C12H6BrClO4/c13-7-5-6(1-2-8(7)14)11(15)9-3-4-10(18-9)12(16)17/h1-5H,(H,16,17). The summed E-state index contributed by atoms with van der Waals surface area (Å²) in [5, 5.41) is 9.18. The number of carbonyl (C=O) groups is 2. The maximum Gasteiger partial charge on any atom is 0.371 e. The molecule has 0 amide bonds. The Morgan fingerprint density at radius 2 is 1.83 bits per heavy atom. The topological polar surface area (TPSA) is 67.5 Å². The van der Waals surface area contributed by atoms with E-state index < -0.39 is 11.8 Å². The van der Waals surface area contributed by atoms with Crippen molar-refractivity contribution in [1.82, 2.24) is 0 Å². The van der Waals surface area contributed by atoms with Crippen molar-refractivity contribution in [2.45, 2.75) is 0 Å². The lowest BCUT2D eigenvalue weighted by molar-refractivity contribution is 0.0660. The minimum atomic E-state index is -1.22. The van der Waals surface area contributed by atoms with Gasteiger partial charge in [0, 0.05) is 10.0 Å². The van der Waals surface area contributed by atoms with Gasteiger partial charge in [-0.15, -0.1) is 0 Å². The van der Waals surface area contributed by atoms with E-state index in [0.717, 1.165) is 0 Å². The Hall–Kier alpha value is -1.59. The number of halogens is 2. The predicted molar refractivity (Wildman–Crippen MR) is 68.3 cm³/mol. The quantitative estimate of drug-likeness (QED) is 0.873. The van der Waals surface area contributed by atoms with E-state index in [2.05, 4.69) is 15.9 Å². The summed E-state index contributed by atoms with van der Waals surface area (Å²) in [6.07, 6.45) is 0. The first-order valence-electron chi connectivity index (χ1n) is 4.82. The first-order chi connectivity index (χ1) is 8.49. The van der Waals surface area contributed by atoms with Crippen molar-refractivity contribution in [3.05, 3.63) is 56.9 Å². The van der Waals surface area contributed by atoms with Crippen molar-refractivity contribution in [2.24, 2.45) is 0 Å². The Balaban J connectivity index is 2.35. The average Bonchev–Trinajstić information content (AvgIpc) is 2.81. The molecule has 0 unspecified atom stereocenters. The van der Waals surface area contributed by atoms with Crippen LogP contribution >= 0.6 is 27.5 Å². The molecule has 0 spiro atoms. The number of benzene rings is 1. The molecule has 0 fully saturated rings. The van der Waals surface area contributed by atoms with E-state index in [-0.39, 0.29) is 11.5 Å². The Morgan fingerprint density at radius 1 is 1.17 bits per heavy atom. The fourth-order valence-corrected chi connectivity index (χ4v) is 1.85. The van der Waals surface area contributed by atoms with Crippen LogP contribution in [0, 0.1) is 0 Å². The van der Waals surface area contributed by atoms with E-state index in [0.29, 0.717) is 15.1 Å². The highest BCUT2D eigenvalue weighted by Gasteiger charge is 2.17. The molecular weight excluding hydrogens is 323 g/mol. The van der Waals surface area contributed by atoms with Crippen molar-refractivity contribution in [1.29, 1.82) is 0 Å². The number of carbonyl (C=O) groups excluding carboxylic acids is 1. The van der Waals surface area contributed by atoms with Crippen molar-refractivity contribution in [3.8, 4) is 0 Å². The number of hydrogen-bond acceptors (Lipinski definition) is 3. The first-order valence-corrected chi connectivity index (χ1v) is 5.99. The SMILES string of the molecule is O=C(O)c1ccc(C(=O)c2ccc(Cl)c(Br)c2)o1. The van der Waals surface area contributed by atoms with Gasteiger partial charge in [0.15, 0.2) is 5.76 Å². The molecule has 0 radical (unpaired) electrons. The number of carboxylic acids is 1. The lowest BCUT2D eigenvalue weighted by atomic mass is 10.1. The van der Waals surface area contributed by atoms with Crippen LogP contribution in [0.25, 0.3) is 0 Å². The zero-order chi connectivity index (χ0) is 13.3. The number of hydrogen-bond donors (Lipinski definition) is 1. The third-order valence-corrected chi connectivity index (χ3v) is 3.44. The molecule has 2 rings (SSSR count). The number of ketones is 1. The Kier molecular flexibility index (Phi) is 3.54. The fraction of sp³-hybridized carbons (Fsp3) is 0. The molecule has 6 heteroatoms. The molecule has 1 aromatic heterocycles. The molecule has 4 nitrogen and oxygen atoms in total. The van der Waals surface area contributed by atoms with E-state index in [1.165, 1.54) is 12.1 Å². The van der Waals surface area contributed by atoms with Gasteiger partial charge < -0.3 is 9.52 Å². The molecule has 0 aliphatic carbocycles. The fourth-order valence-electron chi connectivity index (χ4n) is 1.35. The van der Waals surface area contributed by atoms with Gasteiger partial charge in [0.25, 0.3) is 0 Å². The van der Waals surface area contributed by atoms with Gasteiger partial charge in [-0.05, 0) is 46.3 Å². The summed E-state index contributed by atoms with van der Waals surface area (Å²) in [4.78, 5) is 22.6. The number of aromatic carboxylic acids is 1. The Bertz CT molecular complexity index is 633. The monoisotopic (exact) mass is 328 g/mol. The van der Waals surface area contributed by atoms with Crippen LogP contribution < -0.4 is 0 Å². The summed E-state index contributed by atoms with van der Waals surface area (Å²) < 4.78 is 5.52. The van der Waals surface area contributed by atoms with Gasteiger partial charge in [-0.25, -0.2) is 4.79 Å². The van der Waals surface area contributed by atoms with Gasteiger partial charge in [0.1, 0.15) is 0 Å². The molecule has 0 atom stereocenters. The molecule has 1 aromatic carbocycles. The predicted octanol–water partition coefficient (Wildman–Crippen LogP) is 3.62. The number of rotatable bonds is 3. The minimum absolute atomic E-state index is 0.0263. The van der Waals surface area contributed by atoms with Gasteiger partial charge in [-0.2, -0.15) is 0 Å². The molecule has 0 aliphatic rings. The van der Waals surface area contributed by atoms with E-state index in [9.17, 15) is 9.59 Å². The summed E-state index contributed by atoms with van der Waals surface area (Å²) >= 11 is 9.02. The molecule has 0 aliphatic heterocycles. The molecule has 0 bridgehead atoms. The molecule has 92 valence electrons. The molecule has 2 aromatic rings. The van der Waals surface area contributed by atoms with Gasteiger partial charge in [0.2, 0.25) is 11.5 Å². The Labute approximate surface area is 115 Å². The van der Waals surface area contributed by atoms with Crippen LogP contribution in [0.3, 0.4) is 0 Å². The highest BCUT2D eigenvalue weighted by Crippen LogP contribution is 2.24. The van der Waals surface area contributed by atoms with E-state index in [1.807, 2.05) is 0 Å². The van der Waals surface area contributed by atoms with Gasteiger partial charge in [-0.3, -0.25) is 4.79 Å². The maximum atomic E-state index is 12.0. The van der Waals surface area contributed by atoms with Crippen molar-refractivity contribution in [3.63, 3.8) is 0 Å². The number of furan rings is 1. The molecule has 0 saturated heterocycles. The Morgan fingerprint density at radius 3 is 2.39 bits per heavy atom. The van der Waals surface area contributed by atoms with Crippen molar-refractivity contribution in [2.75, 3.05) is 0 Å². The summed E-state index contributed by atoms with van der Waals surface area (Å²) in [6.45, 7) is 0. The average molecular weight is 330 g/mol. The second-order valence-corrected chi connectivity index (χ2v) is 4.69. The normalized spacial score (nSPS) is 10.3. The summed E-state index contributed by atoms with van der Waals surface area (Å²) in [7, 11) is 0. The summed E-state index contributed by atoms with van der Waals surface area (Å²) in [6, 6.07) is 7.22. The number of carboxylic acid groups (broad SMARTS) is 1. The maximum absolute atomic E-state index is 12.0. The van der Waals surface area contributed by atoms with Crippen LogP contribution in [0.2, 0.25) is 5.02 Å². The third-order valence-electron chi connectivity index (χ3n) is 2.22. The second kappa shape index (κ2) is 4.96. The van der Waals surface area contributed by atoms with Crippen LogP contribution in [-0.2, 0) is 0 Å². The summed E-state index contributed by atoms with van der Waals surface area (Å²) in [5.41, 5.74) is 0.359. The van der Waals surface area contributed by atoms with Gasteiger partial charge in [0.05, 0.1) is 5.02 Å². The van der Waals surface area contributed by atoms with Crippen molar-refractivity contribution < 1.29 is 19.1 Å². The molecule has 1 heterocycles. The second-order valence-electron chi connectivity index (χ2n) is 3.43. The molecule has 0 saturated carbocycles. The van der Waals surface area contributed by atoms with Crippen molar-refractivity contribution >= 4 is 39.3 Å². The summed E-state index contributed by atoms with van der Waals surface area (Å²) in [5.74, 6) is -1.92. The lowest BCUT2D eigenvalue weighted by Gasteiger charge is -2.00. The molecule has 1 N–H and O–H groups in total. The van der Waals surface area contributed by atoms with E-state index in [4.69, 9.17) is 21.1 Å². The lowest BCUT2D eigenvalue weighted by Crippen LogP contribution is -2.00. The molecule has 18 heavy (non-hydrogen) atoms. The van der Waals surface area contributed by atoms with Crippen LogP contribution in [0.1, 0.15) is 26.7 Å². The largest absolute Gasteiger partial charge is 0.475 e. The molecular formula is C12H6BrClO4. The van der Waals surface area contributed by atoms with Gasteiger partial charge in [-0.1, -0.05) is 11.6 Å². The third kappa shape index (κ3) is 2.47.